The van der Waals surface area contributed by atoms with E-state index >= 15 is 0 Å². The van der Waals surface area contributed by atoms with E-state index in [1.807, 2.05) is 31.2 Å². The summed E-state index contributed by atoms with van der Waals surface area (Å²) in [5.74, 6) is -0.231. The van der Waals surface area contributed by atoms with Crippen LogP contribution in [0.4, 0.5) is 0 Å². The molecular formula is C16H14ClN5O. The van der Waals surface area contributed by atoms with E-state index < -0.39 is 0 Å². The Hall–Kier alpha value is -2.73. The number of carbonyl (C=O) groups excluding carboxylic acids is 1. The summed E-state index contributed by atoms with van der Waals surface area (Å²) in [6, 6.07) is 9.17. The van der Waals surface area contributed by atoms with Crippen molar-refractivity contribution >= 4 is 17.5 Å². The van der Waals surface area contributed by atoms with Crippen LogP contribution in [0.25, 0.3) is 5.69 Å². The topological polar surface area (TPSA) is 72.7 Å². The van der Waals surface area contributed by atoms with Crippen molar-refractivity contribution in [1.29, 1.82) is 0 Å². The lowest BCUT2D eigenvalue weighted by Crippen LogP contribution is -2.26. The van der Waals surface area contributed by atoms with E-state index in [1.54, 1.807) is 29.3 Å². The summed E-state index contributed by atoms with van der Waals surface area (Å²) in [4.78, 5) is 16.1. The van der Waals surface area contributed by atoms with Crippen molar-refractivity contribution in [2.75, 3.05) is 0 Å². The standard InChI is InChI=1S/C16H14ClN5O/c1-11(20-16(23)14-6-7-18-10-15(14)17)12-2-4-13(5-3-12)22-9-8-19-21-22/h2-11H,1H3,(H,20,23)/t11-/m0/s1. The molecule has 6 nitrogen and oxygen atoms in total. The average molecular weight is 328 g/mol. The fraction of sp³-hybridized carbons (Fsp3) is 0.125. The molecule has 0 unspecified atom stereocenters. The maximum absolute atomic E-state index is 12.3. The molecule has 2 heterocycles. The SMILES string of the molecule is C[C@H](NC(=O)c1ccncc1Cl)c1ccc(-n2ccnn2)cc1. The molecule has 1 N–H and O–H groups in total. The monoisotopic (exact) mass is 327 g/mol. The lowest BCUT2D eigenvalue weighted by atomic mass is 10.1. The molecule has 1 atom stereocenters. The first-order valence-electron chi connectivity index (χ1n) is 7.02. The van der Waals surface area contributed by atoms with E-state index in [4.69, 9.17) is 11.6 Å². The molecule has 0 aliphatic carbocycles. The van der Waals surface area contributed by atoms with E-state index in [9.17, 15) is 4.79 Å². The highest BCUT2D eigenvalue weighted by Gasteiger charge is 2.14. The lowest BCUT2D eigenvalue weighted by molar-refractivity contribution is 0.0940. The summed E-state index contributed by atoms with van der Waals surface area (Å²) in [5, 5.41) is 11.0. The zero-order valence-electron chi connectivity index (χ0n) is 12.3. The summed E-state index contributed by atoms with van der Waals surface area (Å²) in [6.45, 7) is 1.91. The Kier molecular flexibility index (Phi) is 4.34. The Morgan fingerprint density at radius 3 is 2.65 bits per heavy atom. The fourth-order valence-corrected chi connectivity index (χ4v) is 2.38. The van der Waals surface area contributed by atoms with Crippen LogP contribution in [0.5, 0.6) is 0 Å². The van der Waals surface area contributed by atoms with Gasteiger partial charge in [0.05, 0.1) is 34.7 Å². The zero-order valence-corrected chi connectivity index (χ0v) is 13.1. The zero-order chi connectivity index (χ0) is 16.2. The molecule has 3 rings (SSSR count). The normalized spacial score (nSPS) is 11.9. The van der Waals surface area contributed by atoms with Gasteiger partial charge in [0.1, 0.15) is 0 Å². The number of pyridine rings is 1. The van der Waals surface area contributed by atoms with Gasteiger partial charge in [0, 0.05) is 12.4 Å². The van der Waals surface area contributed by atoms with Crippen LogP contribution in [-0.2, 0) is 0 Å². The van der Waals surface area contributed by atoms with Crippen LogP contribution in [0, 0.1) is 0 Å². The van der Waals surface area contributed by atoms with E-state index in [0.717, 1.165) is 11.3 Å². The molecular weight excluding hydrogens is 314 g/mol. The number of halogens is 1. The van der Waals surface area contributed by atoms with Crippen LogP contribution < -0.4 is 5.32 Å². The predicted octanol–water partition coefficient (Wildman–Crippen LogP) is 2.81. The third-order valence-corrected chi connectivity index (χ3v) is 3.75. The molecule has 0 radical (unpaired) electrons. The minimum atomic E-state index is -0.231. The van der Waals surface area contributed by atoms with Crippen molar-refractivity contribution in [1.82, 2.24) is 25.3 Å². The molecule has 3 aromatic rings. The van der Waals surface area contributed by atoms with E-state index in [0.29, 0.717) is 10.6 Å². The molecule has 1 aromatic carbocycles. The van der Waals surface area contributed by atoms with Crippen LogP contribution in [-0.4, -0.2) is 25.9 Å². The van der Waals surface area contributed by atoms with Crippen molar-refractivity contribution in [3.8, 4) is 5.69 Å². The minimum absolute atomic E-state index is 0.156. The first kappa shape index (κ1) is 15.2. The van der Waals surface area contributed by atoms with Crippen molar-refractivity contribution in [2.45, 2.75) is 13.0 Å². The Bertz CT molecular complexity index is 802. The molecule has 7 heteroatoms. The molecule has 1 amide bonds. The van der Waals surface area contributed by atoms with Gasteiger partial charge in [-0.2, -0.15) is 0 Å². The maximum Gasteiger partial charge on any atom is 0.253 e. The molecule has 0 aliphatic rings. The Morgan fingerprint density at radius 2 is 2.00 bits per heavy atom. The number of carbonyl (C=O) groups is 1. The van der Waals surface area contributed by atoms with E-state index in [1.165, 1.54) is 6.20 Å². The molecule has 0 bridgehead atoms. The Balaban J connectivity index is 1.72. The summed E-state index contributed by atoms with van der Waals surface area (Å²) < 4.78 is 1.67. The Labute approximate surface area is 138 Å². The summed E-state index contributed by atoms with van der Waals surface area (Å²) in [5.41, 5.74) is 2.29. The van der Waals surface area contributed by atoms with Crippen molar-refractivity contribution in [2.24, 2.45) is 0 Å². The van der Waals surface area contributed by atoms with Crippen LogP contribution in [0.15, 0.2) is 55.1 Å². The third-order valence-electron chi connectivity index (χ3n) is 3.44. The second kappa shape index (κ2) is 6.58. The highest BCUT2D eigenvalue weighted by atomic mass is 35.5. The van der Waals surface area contributed by atoms with Gasteiger partial charge in [0.15, 0.2) is 0 Å². The quantitative estimate of drug-likeness (QED) is 0.799. The molecule has 0 aliphatic heterocycles. The largest absolute Gasteiger partial charge is 0.345 e. The number of hydrogen-bond acceptors (Lipinski definition) is 4. The molecule has 0 fully saturated rings. The third kappa shape index (κ3) is 3.37. The van der Waals surface area contributed by atoms with E-state index in [2.05, 4.69) is 20.6 Å². The molecule has 2 aromatic heterocycles. The van der Waals surface area contributed by atoms with Gasteiger partial charge >= 0.3 is 0 Å². The Morgan fingerprint density at radius 1 is 1.22 bits per heavy atom. The van der Waals surface area contributed by atoms with Gasteiger partial charge in [-0.3, -0.25) is 9.78 Å². The smallest absolute Gasteiger partial charge is 0.253 e. The molecule has 116 valence electrons. The minimum Gasteiger partial charge on any atom is -0.345 e. The van der Waals surface area contributed by atoms with Crippen LogP contribution in [0.3, 0.4) is 0 Å². The highest BCUT2D eigenvalue weighted by molar-refractivity contribution is 6.33. The second-order valence-electron chi connectivity index (χ2n) is 4.99. The first-order valence-corrected chi connectivity index (χ1v) is 7.40. The number of benzene rings is 1. The number of hydrogen-bond donors (Lipinski definition) is 1. The maximum atomic E-state index is 12.3. The average Bonchev–Trinajstić information content (AvgIpc) is 3.09. The first-order chi connectivity index (χ1) is 11.1. The number of nitrogens with one attached hydrogen (secondary N) is 1. The van der Waals surface area contributed by atoms with Gasteiger partial charge in [0.2, 0.25) is 0 Å². The molecule has 0 spiro atoms. The van der Waals surface area contributed by atoms with Gasteiger partial charge in [-0.25, -0.2) is 4.68 Å². The van der Waals surface area contributed by atoms with Crippen molar-refractivity contribution in [3.63, 3.8) is 0 Å². The number of amides is 1. The predicted molar refractivity (Wildman–Crippen MR) is 86.5 cm³/mol. The van der Waals surface area contributed by atoms with Crippen LogP contribution >= 0.6 is 11.6 Å². The van der Waals surface area contributed by atoms with Gasteiger partial charge < -0.3 is 5.32 Å². The number of aromatic nitrogens is 4. The summed E-state index contributed by atoms with van der Waals surface area (Å²) in [6.07, 6.45) is 6.38. The molecule has 23 heavy (non-hydrogen) atoms. The summed E-state index contributed by atoms with van der Waals surface area (Å²) in [7, 11) is 0. The van der Waals surface area contributed by atoms with Gasteiger partial charge in [-0.15, -0.1) is 5.10 Å². The number of nitrogens with zero attached hydrogens (tertiary/aromatic N) is 4. The van der Waals surface area contributed by atoms with Crippen molar-refractivity contribution in [3.05, 3.63) is 71.3 Å². The second-order valence-corrected chi connectivity index (χ2v) is 5.40. The van der Waals surface area contributed by atoms with Crippen LogP contribution in [0.1, 0.15) is 28.9 Å². The van der Waals surface area contributed by atoms with Gasteiger partial charge in [0.25, 0.3) is 5.91 Å². The molecule has 0 saturated carbocycles. The summed E-state index contributed by atoms with van der Waals surface area (Å²) >= 11 is 5.99. The highest BCUT2D eigenvalue weighted by Crippen LogP contribution is 2.18. The molecule has 0 saturated heterocycles. The van der Waals surface area contributed by atoms with Gasteiger partial charge in [-0.05, 0) is 30.7 Å². The van der Waals surface area contributed by atoms with Crippen LogP contribution in [0.2, 0.25) is 5.02 Å². The van der Waals surface area contributed by atoms with Crippen molar-refractivity contribution < 1.29 is 4.79 Å². The van der Waals surface area contributed by atoms with E-state index in [-0.39, 0.29) is 11.9 Å². The fourth-order valence-electron chi connectivity index (χ4n) is 2.18. The lowest BCUT2D eigenvalue weighted by Gasteiger charge is -2.15. The van der Waals surface area contributed by atoms with Gasteiger partial charge in [-0.1, -0.05) is 28.9 Å². The number of rotatable bonds is 4.